The Balaban J connectivity index is 2.46. The molecule has 15 heavy (non-hydrogen) atoms. The van der Waals surface area contributed by atoms with Gasteiger partial charge in [-0.05, 0) is 16.1 Å². The Morgan fingerprint density at radius 2 is 2.33 bits per heavy atom. The Morgan fingerprint density at radius 3 is 3.00 bits per heavy atom. The monoisotopic (exact) mass is 320 g/mol. The first-order chi connectivity index (χ1) is 7.22. The molecule has 0 unspecified atom stereocenters. The highest BCUT2D eigenvalue weighted by Gasteiger charge is 2.05. The molecule has 0 saturated carbocycles. The van der Waals surface area contributed by atoms with Crippen LogP contribution in [0.4, 0.5) is 9.18 Å². The van der Waals surface area contributed by atoms with Gasteiger partial charge < -0.3 is 9.47 Å². The summed E-state index contributed by atoms with van der Waals surface area (Å²) in [6.45, 7) is -0.0446. The molecule has 78 valence electrons. The third-order valence-electron chi connectivity index (χ3n) is 1.33. The van der Waals surface area contributed by atoms with Gasteiger partial charge in [0, 0.05) is 28.7 Å². The van der Waals surface area contributed by atoms with Crippen LogP contribution in [0.25, 0.3) is 0 Å². The number of hydrogen-bond acceptors (Lipinski definition) is 3. The number of hydrogen-bond donors (Lipinski definition) is 0. The SMILES string of the molecule is O=C(OCC#CI)Oc1cccc(F)c1. The van der Waals surface area contributed by atoms with Gasteiger partial charge in [-0.3, -0.25) is 0 Å². The first kappa shape index (κ1) is 11.8. The van der Waals surface area contributed by atoms with Crippen LogP contribution >= 0.6 is 22.6 Å². The molecule has 0 heterocycles. The van der Waals surface area contributed by atoms with Crippen molar-refractivity contribution in [2.45, 2.75) is 0 Å². The molecule has 1 rings (SSSR count). The highest BCUT2D eigenvalue weighted by atomic mass is 127. The maximum atomic E-state index is 12.7. The predicted octanol–water partition coefficient (Wildman–Crippen LogP) is 2.74. The fourth-order valence-corrected chi connectivity index (χ4v) is 0.934. The molecule has 0 aliphatic carbocycles. The van der Waals surface area contributed by atoms with Crippen LogP contribution in [-0.2, 0) is 4.74 Å². The fraction of sp³-hybridized carbons (Fsp3) is 0.100. The van der Waals surface area contributed by atoms with Crippen molar-refractivity contribution in [3.05, 3.63) is 30.1 Å². The Bertz CT molecular complexity index is 409. The van der Waals surface area contributed by atoms with Crippen molar-refractivity contribution in [1.82, 2.24) is 0 Å². The molecule has 0 spiro atoms. The molecule has 0 bridgehead atoms. The molecule has 0 aromatic heterocycles. The van der Waals surface area contributed by atoms with Crippen molar-refractivity contribution < 1.29 is 18.7 Å². The summed E-state index contributed by atoms with van der Waals surface area (Å²) in [4.78, 5) is 11.0. The van der Waals surface area contributed by atoms with Gasteiger partial charge in [0.05, 0.1) is 0 Å². The van der Waals surface area contributed by atoms with Crippen molar-refractivity contribution in [2.24, 2.45) is 0 Å². The summed E-state index contributed by atoms with van der Waals surface area (Å²) in [5, 5.41) is 0. The highest BCUT2D eigenvalue weighted by molar-refractivity contribution is 14.1. The molecule has 0 aliphatic rings. The molecule has 5 heteroatoms. The van der Waals surface area contributed by atoms with Crippen molar-refractivity contribution in [1.29, 1.82) is 0 Å². The van der Waals surface area contributed by atoms with Gasteiger partial charge >= 0.3 is 6.16 Å². The van der Waals surface area contributed by atoms with Crippen LogP contribution in [0.5, 0.6) is 5.75 Å². The van der Waals surface area contributed by atoms with Gasteiger partial charge in [-0.25, -0.2) is 9.18 Å². The average molecular weight is 320 g/mol. The smallest absolute Gasteiger partial charge is 0.421 e. The zero-order valence-corrected chi connectivity index (χ0v) is 9.65. The number of carbonyl (C=O) groups excluding carboxylic acids is 1. The summed E-state index contributed by atoms with van der Waals surface area (Å²) < 4.78 is 24.4. The van der Waals surface area contributed by atoms with E-state index in [0.29, 0.717) is 0 Å². The van der Waals surface area contributed by atoms with E-state index >= 15 is 0 Å². The Labute approximate surface area is 99.7 Å². The molecular formula is C10H6FIO3. The molecular weight excluding hydrogens is 314 g/mol. The van der Waals surface area contributed by atoms with Crippen LogP contribution in [0.3, 0.4) is 0 Å². The molecule has 0 N–H and O–H groups in total. The molecule has 1 aromatic carbocycles. The van der Waals surface area contributed by atoms with Crippen molar-refractivity contribution in [3.8, 4) is 15.6 Å². The van der Waals surface area contributed by atoms with Crippen LogP contribution < -0.4 is 4.74 Å². The Kier molecular flexibility index (Phi) is 4.90. The van der Waals surface area contributed by atoms with Crippen molar-refractivity contribution in [3.63, 3.8) is 0 Å². The van der Waals surface area contributed by atoms with E-state index in [0.717, 1.165) is 6.07 Å². The maximum Gasteiger partial charge on any atom is 0.514 e. The van der Waals surface area contributed by atoms with E-state index in [2.05, 4.69) is 19.3 Å². The summed E-state index contributed by atoms with van der Waals surface area (Å²) in [7, 11) is 0. The second-order valence-corrected chi connectivity index (χ2v) is 2.91. The zero-order chi connectivity index (χ0) is 11.1. The normalized spacial score (nSPS) is 8.67. The lowest BCUT2D eigenvalue weighted by atomic mass is 10.3. The summed E-state index contributed by atoms with van der Waals surface area (Å²) in [6, 6.07) is 5.22. The second kappa shape index (κ2) is 6.24. The van der Waals surface area contributed by atoms with Gasteiger partial charge in [-0.1, -0.05) is 12.0 Å². The topological polar surface area (TPSA) is 35.5 Å². The van der Waals surface area contributed by atoms with E-state index in [1.54, 1.807) is 0 Å². The molecule has 1 aromatic rings. The van der Waals surface area contributed by atoms with Crippen LogP contribution in [0.15, 0.2) is 24.3 Å². The van der Waals surface area contributed by atoms with E-state index in [1.807, 2.05) is 22.6 Å². The third-order valence-corrected chi connectivity index (χ3v) is 1.71. The molecule has 0 amide bonds. The average Bonchev–Trinajstić information content (AvgIpc) is 2.18. The van der Waals surface area contributed by atoms with E-state index in [1.165, 1.54) is 18.2 Å². The van der Waals surface area contributed by atoms with Gasteiger partial charge in [0.2, 0.25) is 0 Å². The molecule has 0 saturated heterocycles. The summed E-state index contributed by atoms with van der Waals surface area (Å²) >= 11 is 1.82. The maximum absolute atomic E-state index is 12.7. The number of benzene rings is 1. The van der Waals surface area contributed by atoms with E-state index in [4.69, 9.17) is 0 Å². The Hall–Kier alpha value is -1.29. The molecule has 0 aliphatic heterocycles. The third kappa shape index (κ3) is 4.65. The summed E-state index contributed by atoms with van der Waals surface area (Å²) in [5.41, 5.74) is 0. The Morgan fingerprint density at radius 1 is 1.53 bits per heavy atom. The van der Waals surface area contributed by atoms with Crippen molar-refractivity contribution in [2.75, 3.05) is 6.61 Å². The number of ether oxygens (including phenoxy) is 2. The number of rotatable bonds is 2. The number of halogens is 2. The fourth-order valence-electron chi connectivity index (χ4n) is 0.778. The quantitative estimate of drug-likeness (QED) is 0.364. The van der Waals surface area contributed by atoms with Crippen LogP contribution in [0.1, 0.15) is 0 Å². The highest BCUT2D eigenvalue weighted by Crippen LogP contribution is 2.12. The van der Waals surface area contributed by atoms with Gasteiger partial charge in [-0.2, -0.15) is 0 Å². The standard InChI is InChI=1S/C10H6FIO3/c11-8-3-1-4-9(7-8)15-10(13)14-6-2-5-12/h1,3-4,7H,6H2. The van der Waals surface area contributed by atoms with Gasteiger partial charge in [0.1, 0.15) is 11.6 Å². The molecule has 0 fully saturated rings. The number of carbonyl (C=O) groups is 1. The van der Waals surface area contributed by atoms with E-state index < -0.39 is 12.0 Å². The van der Waals surface area contributed by atoms with Crippen LogP contribution in [-0.4, -0.2) is 12.8 Å². The van der Waals surface area contributed by atoms with Gasteiger partial charge in [0.15, 0.2) is 6.61 Å². The van der Waals surface area contributed by atoms with E-state index in [9.17, 15) is 9.18 Å². The summed E-state index contributed by atoms with van der Waals surface area (Å²) in [6.07, 6.45) is -0.903. The lowest BCUT2D eigenvalue weighted by molar-refractivity contribution is 0.111. The lowest BCUT2D eigenvalue weighted by Gasteiger charge is -2.02. The summed E-state index contributed by atoms with van der Waals surface area (Å²) in [5.74, 6) is 2.14. The largest absolute Gasteiger partial charge is 0.514 e. The lowest BCUT2D eigenvalue weighted by Crippen LogP contribution is -2.10. The minimum atomic E-state index is -0.903. The molecule has 0 atom stereocenters. The minimum absolute atomic E-state index is 0.0446. The first-order valence-corrected chi connectivity index (χ1v) is 4.99. The van der Waals surface area contributed by atoms with E-state index in [-0.39, 0.29) is 12.4 Å². The first-order valence-electron chi connectivity index (χ1n) is 3.91. The molecule has 3 nitrogen and oxygen atoms in total. The van der Waals surface area contributed by atoms with Gasteiger partial charge in [-0.15, -0.1) is 0 Å². The molecule has 0 radical (unpaired) electrons. The van der Waals surface area contributed by atoms with Gasteiger partial charge in [0.25, 0.3) is 0 Å². The van der Waals surface area contributed by atoms with Crippen molar-refractivity contribution >= 4 is 28.7 Å². The van der Waals surface area contributed by atoms with Crippen LogP contribution in [0.2, 0.25) is 0 Å². The minimum Gasteiger partial charge on any atom is -0.421 e. The second-order valence-electron chi connectivity index (χ2n) is 2.37. The van der Waals surface area contributed by atoms with Crippen LogP contribution in [0, 0.1) is 15.7 Å². The predicted molar refractivity (Wildman–Crippen MR) is 60.2 cm³/mol. The zero-order valence-electron chi connectivity index (χ0n) is 7.50.